The molecule has 0 spiro atoms. The molecule has 1 aliphatic rings. The summed E-state index contributed by atoms with van der Waals surface area (Å²) in [4.78, 5) is 26.6. The smallest absolute Gasteiger partial charge is 0.251 e. The minimum absolute atomic E-state index is 0.00658. The molecule has 1 N–H and O–H groups in total. The number of benzene rings is 2. The van der Waals surface area contributed by atoms with E-state index in [0.717, 1.165) is 5.56 Å². The molecule has 3 rings (SSSR count). The molecule has 1 aliphatic heterocycles. The van der Waals surface area contributed by atoms with Gasteiger partial charge in [-0.1, -0.05) is 50.6 Å². The number of nitrogens with zero attached hydrogens (tertiary/aromatic N) is 2. The van der Waals surface area contributed by atoms with Crippen molar-refractivity contribution in [1.29, 1.82) is 0 Å². The van der Waals surface area contributed by atoms with Gasteiger partial charge in [0.15, 0.2) is 0 Å². The van der Waals surface area contributed by atoms with Crippen LogP contribution in [0, 0.1) is 0 Å². The molecule has 9 heteroatoms. The van der Waals surface area contributed by atoms with Gasteiger partial charge in [0.1, 0.15) is 0 Å². The Labute approximate surface area is 194 Å². The van der Waals surface area contributed by atoms with Gasteiger partial charge in [-0.25, -0.2) is 8.42 Å². The number of hydrogen-bond acceptors (Lipinski definition) is 4. The Kier molecular flexibility index (Phi) is 7.27. The minimum atomic E-state index is -3.67. The number of carbonyl (C=O) groups excluding carboxylic acids is 2. The average Bonchev–Trinajstić information content (AvgIpc) is 2.77. The molecule has 0 saturated carbocycles. The zero-order valence-electron chi connectivity index (χ0n) is 18.5. The van der Waals surface area contributed by atoms with Gasteiger partial charge >= 0.3 is 0 Å². The van der Waals surface area contributed by atoms with Gasteiger partial charge in [0.2, 0.25) is 15.9 Å². The van der Waals surface area contributed by atoms with Crippen LogP contribution in [-0.2, 0) is 20.2 Å². The third kappa shape index (κ3) is 5.68. The number of amides is 2. The van der Waals surface area contributed by atoms with E-state index in [1.54, 1.807) is 29.2 Å². The molecular weight excluding hydrogens is 450 g/mol. The third-order valence-corrected chi connectivity index (χ3v) is 7.57. The molecule has 0 bridgehead atoms. The average molecular weight is 478 g/mol. The number of sulfonamides is 1. The molecule has 1 saturated heterocycles. The van der Waals surface area contributed by atoms with Gasteiger partial charge in [-0.2, -0.15) is 4.31 Å². The van der Waals surface area contributed by atoms with Crippen molar-refractivity contribution in [2.45, 2.75) is 31.1 Å². The van der Waals surface area contributed by atoms with Crippen LogP contribution in [0.2, 0.25) is 5.02 Å². The molecule has 0 unspecified atom stereocenters. The van der Waals surface area contributed by atoms with Crippen LogP contribution in [0.15, 0.2) is 53.4 Å². The molecule has 1 heterocycles. The summed E-state index contributed by atoms with van der Waals surface area (Å²) < 4.78 is 26.9. The maximum Gasteiger partial charge on any atom is 0.251 e. The van der Waals surface area contributed by atoms with Crippen molar-refractivity contribution < 1.29 is 18.0 Å². The maximum atomic E-state index is 12.8. The second kappa shape index (κ2) is 9.60. The van der Waals surface area contributed by atoms with E-state index in [1.165, 1.54) is 16.4 Å². The number of piperazine rings is 1. The molecule has 32 heavy (non-hydrogen) atoms. The van der Waals surface area contributed by atoms with Crippen LogP contribution in [-0.4, -0.2) is 62.2 Å². The van der Waals surface area contributed by atoms with E-state index in [1.807, 2.05) is 12.1 Å². The molecular formula is C23H28ClN3O4S. The van der Waals surface area contributed by atoms with Crippen molar-refractivity contribution >= 4 is 33.4 Å². The summed E-state index contributed by atoms with van der Waals surface area (Å²) in [5, 5.41) is 3.00. The first-order valence-corrected chi connectivity index (χ1v) is 12.2. The van der Waals surface area contributed by atoms with Gasteiger partial charge in [0.05, 0.1) is 11.4 Å². The fourth-order valence-electron chi connectivity index (χ4n) is 3.45. The lowest BCUT2D eigenvalue weighted by atomic mass is 9.87. The molecule has 2 aromatic rings. The normalized spacial score (nSPS) is 15.4. The largest absolute Gasteiger partial charge is 0.343 e. The van der Waals surface area contributed by atoms with Gasteiger partial charge in [0.25, 0.3) is 5.91 Å². The molecule has 172 valence electrons. The summed E-state index contributed by atoms with van der Waals surface area (Å²) in [6, 6.07) is 13.4. The molecule has 0 atom stereocenters. The summed E-state index contributed by atoms with van der Waals surface area (Å²) in [5.41, 5.74) is 1.60. The molecule has 0 aliphatic carbocycles. The van der Waals surface area contributed by atoms with E-state index in [2.05, 4.69) is 26.1 Å². The Morgan fingerprint density at radius 1 is 1.00 bits per heavy atom. The summed E-state index contributed by atoms with van der Waals surface area (Å²) >= 11 is 5.92. The lowest BCUT2D eigenvalue weighted by Crippen LogP contribution is -2.52. The lowest BCUT2D eigenvalue weighted by molar-refractivity contribution is -0.131. The van der Waals surface area contributed by atoms with Gasteiger partial charge in [0, 0.05) is 36.8 Å². The van der Waals surface area contributed by atoms with Gasteiger partial charge in [-0.15, -0.1) is 0 Å². The van der Waals surface area contributed by atoms with Crippen LogP contribution >= 0.6 is 11.6 Å². The van der Waals surface area contributed by atoms with Crippen LogP contribution in [0.25, 0.3) is 0 Å². The number of carbonyl (C=O) groups is 2. The second-order valence-corrected chi connectivity index (χ2v) is 11.1. The standard InChI is InChI=1S/C23H28ClN3O4S/c1-23(2,3)18-9-7-17(8-10-18)22(29)25-16-21(28)26-11-13-27(14-12-26)32(30,31)20-6-4-5-19(24)15-20/h4-10,15H,11-14,16H2,1-3H3,(H,25,29). The van der Waals surface area contributed by atoms with Crippen molar-refractivity contribution in [3.63, 3.8) is 0 Å². The highest BCUT2D eigenvalue weighted by Crippen LogP contribution is 2.22. The molecule has 7 nitrogen and oxygen atoms in total. The molecule has 2 aromatic carbocycles. The van der Waals surface area contributed by atoms with Crippen LogP contribution < -0.4 is 5.32 Å². The zero-order valence-corrected chi connectivity index (χ0v) is 20.0. The fraction of sp³-hybridized carbons (Fsp3) is 0.391. The van der Waals surface area contributed by atoms with E-state index < -0.39 is 10.0 Å². The SMILES string of the molecule is CC(C)(C)c1ccc(C(=O)NCC(=O)N2CCN(S(=O)(=O)c3cccc(Cl)c3)CC2)cc1. The Morgan fingerprint density at radius 2 is 1.62 bits per heavy atom. The second-order valence-electron chi connectivity index (χ2n) is 8.75. The maximum absolute atomic E-state index is 12.8. The van der Waals surface area contributed by atoms with Crippen molar-refractivity contribution in [3.8, 4) is 0 Å². The monoisotopic (exact) mass is 477 g/mol. The van der Waals surface area contributed by atoms with E-state index in [9.17, 15) is 18.0 Å². The predicted molar refractivity (Wildman–Crippen MR) is 124 cm³/mol. The van der Waals surface area contributed by atoms with Crippen LogP contribution in [0.5, 0.6) is 0 Å². The molecule has 0 aromatic heterocycles. The van der Waals surface area contributed by atoms with E-state index in [4.69, 9.17) is 11.6 Å². The van der Waals surface area contributed by atoms with Crippen molar-refractivity contribution in [3.05, 3.63) is 64.7 Å². The van der Waals surface area contributed by atoms with Gasteiger partial charge < -0.3 is 10.2 Å². The molecule has 0 radical (unpaired) electrons. The number of hydrogen-bond donors (Lipinski definition) is 1. The van der Waals surface area contributed by atoms with E-state index in [-0.39, 0.29) is 54.8 Å². The van der Waals surface area contributed by atoms with Gasteiger partial charge in [-0.3, -0.25) is 9.59 Å². The van der Waals surface area contributed by atoms with Crippen LogP contribution in [0.4, 0.5) is 0 Å². The molecule has 2 amide bonds. The first-order chi connectivity index (χ1) is 15.0. The third-order valence-electron chi connectivity index (χ3n) is 5.44. The van der Waals surface area contributed by atoms with E-state index >= 15 is 0 Å². The number of halogens is 1. The fourth-order valence-corrected chi connectivity index (χ4v) is 5.17. The zero-order chi connectivity index (χ0) is 23.5. The summed E-state index contributed by atoms with van der Waals surface area (Å²) in [5.74, 6) is -0.564. The molecule has 1 fully saturated rings. The number of rotatable bonds is 5. The first-order valence-electron chi connectivity index (χ1n) is 10.4. The minimum Gasteiger partial charge on any atom is -0.343 e. The van der Waals surface area contributed by atoms with Crippen LogP contribution in [0.1, 0.15) is 36.7 Å². The Morgan fingerprint density at radius 3 is 2.19 bits per heavy atom. The highest BCUT2D eigenvalue weighted by atomic mass is 35.5. The highest BCUT2D eigenvalue weighted by Gasteiger charge is 2.30. The lowest BCUT2D eigenvalue weighted by Gasteiger charge is -2.34. The number of nitrogens with one attached hydrogen (secondary N) is 1. The Hall–Kier alpha value is -2.42. The van der Waals surface area contributed by atoms with E-state index in [0.29, 0.717) is 10.6 Å². The van der Waals surface area contributed by atoms with Crippen molar-refractivity contribution in [2.75, 3.05) is 32.7 Å². The highest BCUT2D eigenvalue weighted by molar-refractivity contribution is 7.89. The Balaban J connectivity index is 1.52. The Bertz CT molecular complexity index is 1090. The first kappa shape index (κ1) is 24.2. The van der Waals surface area contributed by atoms with Crippen molar-refractivity contribution in [2.24, 2.45) is 0 Å². The quantitative estimate of drug-likeness (QED) is 0.717. The predicted octanol–water partition coefficient (Wildman–Crippen LogP) is 2.90. The van der Waals surface area contributed by atoms with Crippen LogP contribution in [0.3, 0.4) is 0 Å². The van der Waals surface area contributed by atoms with Crippen molar-refractivity contribution in [1.82, 2.24) is 14.5 Å². The van der Waals surface area contributed by atoms with Gasteiger partial charge in [-0.05, 0) is 41.3 Å². The summed E-state index contributed by atoms with van der Waals surface area (Å²) in [6.07, 6.45) is 0. The summed E-state index contributed by atoms with van der Waals surface area (Å²) in [7, 11) is -3.67. The summed E-state index contributed by atoms with van der Waals surface area (Å²) in [6.45, 7) is 7.04. The topological polar surface area (TPSA) is 86.8 Å².